The summed E-state index contributed by atoms with van der Waals surface area (Å²) in [6, 6.07) is 7.54. The number of nitrogens with zero attached hydrogens (tertiary/aromatic N) is 1. The second-order valence-electron chi connectivity index (χ2n) is 4.35. The van der Waals surface area contributed by atoms with Crippen molar-refractivity contribution in [2.24, 2.45) is 4.99 Å². The smallest absolute Gasteiger partial charge is 0.304 e. The molecule has 2 aliphatic heterocycles. The lowest BCUT2D eigenvalue weighted by Gasteiger charge is -2.37. The van der Waals surface area contributed by atoms with Crippen LogP contribution in [-0.2, 0) is 4.74 Å². The van der Waals surface area contributed by atoms with E-state index in [2.05, 4.69) is 16.9 Å². The highest BCUT2D eigenvalue weighted by atomic mass is 16.7. The van der Waals surface area contributed by atoms with Crippen molar-refractivity contribution < 1.29 is 14.2 Å². The van der Waals surface area contributed by atoms with Crippen LogP contribution in [-0.4, -0.2) is 37.9 Å². The van der Waals surface area contributed by atoms with Crippen LogP contribution in [0.2, 0.25) is 0 Å². The molecule has 0 bridgehead atoms. The van der Waals surface area contributed by atoms with Gasteiger partial charge in [0.1, 0.15) is 0 Å². The van der Waals surface area contributed by atoms with Gasteiger partial charge in [0.05, 0.1) is 13.2 Å². The molecular formula is C14H16N2O3. The van der Waals surface area contributed by atoms with Crippen LogP contribution in [0.3, 0.4) is 0 Å². The molecule has 0 radical (unpaired) electrons. The number of amidine groups is 1. The van der Waals surface area contributed by atoms with Gasteiger partial charge < -0.3 is 19.5 Å². The molecule has 0 fully saturated rings. The quantitative estimate of drug-likeness (QED) is 0.830. The molecule has 0 amide bonds. The fourth-order valence-corrected chi connectivity index (χ4v) is 2.14. The van der Waals surface area contributed by atoms with Crippen molar-refractivity contribution >= 4 is 5.84 Å². The Morgan fingerprint density at radius 1 is 1.42 bits per heavy atom. The average Bonchev–Trinajstić information content (AvgIpc) is 3.00. The normalized spacial score (nSPS) is 24.5. The fourth-order valence-electron chi connectivity index (χ4n) is 2.14. The van der Waals surface area contributed by atoms with E-state index in [1.165, 1.54) is 0 Å². The molecule has 1 N–H and O–H groups in total. The van der Waals surface area contributed by atoms with Gasteiger partial charge >= 0.3 is 5.79 Å². The Kier molecular flexibility index (Phi) is 3.13. The zero-order valence-corrected chi connectivity index (χ0v) is 10.6. The topological polar surface area (TPSA) is 52.1 Å². The lowest BCUT2D eigenvalue weighted by atomic mass is 10.2. The van der Waals surface area contributed by atoms with Crippen LogP contribution in [0.5, 0.6) is 11.5 Å². The van der Waals surface area contributed by atoms with Crippen LogP contribution in [0.25, 0.3) is 0 Å². The van der Waals surface area contributed by atoms with Crippen LogP contribution >= 0.6 is 0 Å². The Hall–Kier alpha value is -2.01. The van der Waals surface area contributed by atoms with Gasteiger partial charge in [-0.25, -0.2) is 0 Å². The van der Waals surface area contributed by atoms with E-state index in [4.69, 9.17) is 14.2 Å². The van der Waals surface area contributed by atoms with Crippen molar-refractivity contribution in [1.82, 2.24) is 5.32 Å². The second-order valence-corrected chi connectivity index (χ2v) is 4.35. The van der Waals surface area contributed by atoms with Crippen LogP contribution in [0.1, 0.15) is 0 Å². The Morgan fingerprint density at radius 2 is 2.26 bits per heavy atom. The third kappa shape index (κ3) is 2.17. The van der Waals surface area contributed by atoms with Crippen molar-refractivity contribution in [1.29, 1.82) is 0 Å². The fraction of sp³-hybridized carbons (Fsp3) is 0.357. The number of fused-ring (bicyclic) bond motifs is 1. The molecule has 0 spiro atoms. The van der Waals surface area contributed by atoms with Crippen LogP contribution in [0, 0.1) is 0 Å². The summed E-state index contributed by atoms with van der Waals surface area (Å²) in [6.07, 6.45) is 1.68. The number of para-hydroxylation sites is 2. The SMILES string of the molecule is C=CCOC1(C2=NCCN2)COc2ccccc2O1. The van der Waals surface area contributed by atoms with Crippen molar-refractivity contribution in [2.75, 3.05) is 26.3 Å². The van der Waals surface area contributed by atoms with Gasteiger partial charge in [0.15, 0.2) is 23.9 Å². The molecule has 5 nitrogen and oxygen atoms in total. The standard InChI is InChI=1S/C14H16N2O3/c1-2-9-18-14(13-15-7-8-16-13)10-17-11-5-3-4-6-12(11)19-14/h2-6H,1,7-10H2,(H,15,16). The highest BCUT2D eigenvalue weighted by Gasteiger charge is 2.45. The minimum atomic E-state index is -1.00. The molecule has 100 valence electrons. The third-order valence-corrected chi connectivity index (χ3v) is 3.01. The number of hydrogen-bond donors (Lipinski definition) is 1. The first-order valence-electron chi connectivity index (χ1n) is 6.28. The summed E-state index contributed by atoms with van der Waals surface area (Å²) in [5.74, 6) is 1.07. The van der Waals surface area contributed by atoms with Crippen molar-refractivity contribution in [3.8, 4) is 11.5 Å². The van der Waals surface area contributed by atoms with E-state index in [9.17, 15) is 0 Å². The maximum Gasteiger partial charge on any atom is 0.304 e. The molecule has 1 unspecified atom stereocenters. The summed E-state index contributed by atoms with van der Waals surface area (Å²) in [7, 11) is 0. The monoisotopic (exact) mass is 260 g/mol. The Morgan fingerprint density at radius 3 is 3.00 bits per heavy atom. The number of benzene rings is 1. The molecule has 0 saturated carbocycles. The van der Waals surface area contributed by atoms with E-state index >= 15 is 0 Å². The molecular weight excluding hydrogens is 244 g/mol. The molecule has 19 heavy (non-hydrogen) atoms. The van der Waals surface area contributed by atoms with Gasteiger partial charge in [-0.15, -0.1) is 6.58 Å². The maximum absolute atomic E-state index is 6.02. The Labute approximate surface area is 111 Å². The predicted molar refractivity (Wildman–Crippen MR) is 71.7 cm³/mol. The molecule has 1 aromatic rings. The highest BCUT2D eigenvalue weighted by Crippen LogP contribution is 2.36. The predicted octanol–water partition coefficient (Wildman–Crippen LogP) is 1.36. The number of hydrogen-bond acceptors (Lipinski definition) is 5. The average molecular weight is 260 g/mol. The third-order valence-electron chi connectivity index (χ3n) is 3.01. The molecule has 0 aliphatic carbocycles. The van der Waals surface area contributed by atoms with Gasteiger partial charge in [-0.3, -0.25) is 4.99 Å². The van der Waals surface area contributed by atoms with Gasteiger partial charge in [-0.2, -0.15) is 0 Å². The summed E-state index contributed by atoms with van der Waals surface area (Å²) in [4.78, 5) is 4.40. The van der Waals surface area contributed by atoms with Crippen molar-refractivity contribution in [2.45, 2.75) is 5.79 Å². The first-order valence-corrected chi connectivity index (χ1v) is 6.28. The van der Waals surface area contributed by atoms with Crippen LogP contribution in [0.4, 0.5) is 0 Å². The highest BCUT2D eigenvalue weighted by molar-refractivity contribution is 5.91. The number of rotatable bonds is 4. The first kappa shape index (κ1) is 12.0. The summed E-state index contributed by atoms with van der Waals surface area (Å²) < 4.78 is 17.6. The van der Waals surface area contributed by atoms with E-state index in [1.54, 1.807) is 6.08 Å². The first-order chi connectivity index (χ1) is 9.34. The molecule has 2 heterocycles. The second kappa shape index (κ2) is 4.93. The van der Waals surface area contributed by atoms with Gasteiger partial charge in [0.2, 0.25) is 0 Å². The Bertz CT molecular complexity index is 515. The van der Waals surface area contributed by atoms with Crippen molar-refractivity contribution in [3.63, 3.8) is 0 Å². The minimum Gasteiger partial charge on any atom is -0.482 e. The van der Waals surface area contributed by atoms with E-state index in [1.807, 2.05) is 24.3 Å². The van der Waals surface area contributed by atoms with Crippen LogP contribution < -0.4 is 14.8 Å². The molecule has 2 aliphatic rings. The van der Waals surface area contributed by atoms with Gasteiger partial charge in [0.25, 0.3) is 0 Å². The van der Waals surface area contributed by atoms with Crippen molar-refractivity contribution in [3.05, 3.63) is 36.9 Å². The molecule has 5 heteroatoms. The number of nitrogens with one attached hydrogen (secondary N) is 1. The summed E-state index contributed by atoms with van der Waals surface area (Å²) in [5, 5.41) is 3.19. The number of aliphatic imine (C=N–C) groups is 1. The molecule has 1 aromatic carbocycles. The van der Waals surface area contributed by atoms with Gasteiger partial charge in [-0.1, -0.05) is 18.2 Å². The summed E-state index contributed by atoms with van der Waals surface area (Å²) >= 11 is 0. The zero-order chi connectivity index (χ0) is 13.1. The van der Waals surface area contributed by atoms with Gasteiger partial charge in [-0.05, 0) is 12.1 Å². The van der Waals surface area contributed by atoms with E-state index in [0.29, 0.717) is 18.2 Å². The van der Waals surface area contributed by atoms with E-state index in [-0.39, 0.29) is 6.61 Å². The van der Waals surface area contributed by atoms with E-state index in [0.717, 1.165) is 18.8 Å². The molecule has 0 saturated heterocycles. The minimum absolute atomic E-state index is 0.268. The lowest BCUT2D eigenvalue weighted by Crippen LogP contribution is -2.57. The summed E-state index contributed by atoms with van der Waals surface area (Å²) in [6.45, 7) is 5.81. The van der Waals surface area contributed by atoms with Gasteiger partial charge in [0, 0.05) is 6.54 Å². The molecule has 3 rings (SSSR count). The van der Waals surface area contributed by atoms with Crippen LogP contribution in [0.15, 0.2) is 41.9 Å². The number of ether oxygens (including phenoxy) is 3. The zero-order valence-electron chi connectivity index (χ0n) is 10.6. The lowest BCUT2D eigenvalue weighted by molar-refractivity contribution is -0.157. The maximum atomic E-state index is 6.02. The van der Waals surface area contributed by atoms with E-state index < -0.39 is 5.79 Å². The largest absolute Gasteiger partial charge is 0.482 e. The Balaban J connectivity index is 1.91. The molecule has 0 aromatic heterocycles. The molecule has 1 atom stereocenters. The summed E-state index contributed by atoms with van der Waals surface area (Å²) in [5.41, 5.74) is 0.